The van der Waals surface area contributed by atoms with Gasteiger partial charge in [-0.2, -0.15) is 0 Å². The van der Waals surface area contributed by atoms with Crippen LogP contribution in [-0.2, 0) is 16.6 Å². The monoisotopic (exact) mass is 319 g/mol. The van der Waals surface area contributed by atoms with Crippen molar-refractivity contribution in [1.82, 2.24) is 5.32 Å². The van der Waals surface area contributed by atoms with Crippen LogP contribution in [-0.4, -0.2) is 38.4 Å². The average Bonchev–Trinajstić information content (AvgIpc) is 2.84. The summed E-state index contributed by atoms with van der Waals surface area (Å²) in [5.74, 6) is 0. The second kappa shape index (κ2) is 6.40. The van der Waals surface area contributed by atoms with Gasteiger partial charge in [0, 0.05) is 37.8 Å². The Hall–Kier alpha value is -1.75. The number of alkyl carbamates (subject to hydrolysis) is 1. The molecule has 0 aromatic heterocycles. The topological polar surface area (TPSA) is 67.6 Å². The van der Waals surface area contributed by atoms with Crippen LogP contribution in [0.1, 0.15) is 38.8 Å². The lowest BCUT2D eigenvalue weighted by Gasteiger charge is -2.30. The van der Waals surface area contributed by atoms with Gasteiger partial charge in [-0.25, -0.2) is 4.79 Å². The summed E-state index contributed by atoms with van der Waals surface area (Å²) in [4.78, 5) is 14.2. The highest BCUT2D eigenvalue weighted by Gasteiger charge is 2.28. The van der Waals surface area contributed by atoms with Gasteiger partial charge in [0.25, 0.3) is 0 Å². The van der Waals surface area contributed by atoms with Crippen molar-refractivity contribution >= 4 is 11.8 Å². The molecule has 0 radical (unpaired) electrons. The van der Waals surface area contributed by atoms with Gasteiger partial charge in [0.05, 0.1) is 0 Å². The van der Waals surface area contributed by atoms with Gasteiger partial charge in [-0.05, 0) is 44.4 Å². The molecule has 1 atom stereocenters. The number of rotatable bonds is 4. The van der Waals surface area contributed by atoms with E-state index in [0.717, 1.165) is 18.5 Å². The Balaban J connectivity index is 2.10. The Bertz CT molecular complexity index is 580. The van der Waals surface area contributed by atoms with Crippen LogP contribution in [0.5, 0.6) is 0 Å². The van der Waals surface area contributed by atoms with Crippen LogP contribution < -0.4 is 16.0 Å². The van der Waals surface area contributed by atoms with Gasteiger partial charge in [0.15, 0.2) is 0 Å². The number of nitrogens with zero attached hydrogens (tertiary/aromatic N) is 1. The largest absolute Gasteiger partial charge is 0.444 e. The molecule has 3 N–H and O–H groups in total. The van der Waals surface area contributed by atoms with Crippen LogP contribution >= 0.6 is 0 Å². The van der Waals surface area contributed by atoms with E-state index in [1.807, 2.05) is 20.8 Å². The minimum absolute atomic E-state index is 0.312. The van der Waals surface area contributed by atoms with E-state index < -0.39 is 11.7 Å². The fourth-order valence-corrected chi connectivity index (χ4v) is 2.82. The predicted octanol–water partition coefficient (Wildman–Crippen LogP) is 2.42. The zero-order valence-electron chi connectivity index (χ0n) is 14.9. The fraction of sp³-hybridized carbons (Fsp3) is 0.611. The number of carbonyl (C=O) groups is 1. The molecular formula is C18H29N3O2. The fourth-order valence-electron chi connectivity index (χ4n) is 2.82. The summed E-state index contributed by atoms with van der Waals surface area (Å²) in [6.45, 7) is 9.59. The van der Waals surface area contributed by atoms with Crippen LogP contribution in [0.25, 0.3) is 0 Å². The number of anilines is 1. The van der Waals surface area contributed by atoms with Crippen molar-refractivity contribution in [3.63, 3.8) is 0 Å². The van der Waals surface area contributed by atoms with Crippen molar-refractivity contribution < 1.29 is 9.53 Å². The van der Waals surface area contributed by atoms with E-state index in [1.165, 1.54) is 11.3 Å². The number of hydrogen-bond donors (Lipinski definition) is 2. The van der Waals surface area contributed by atoms with E-state index in [1.54, 1.807) is 0 Å². The molecule has 1 amide bonds. The Morgan fingerprint density at radius 1 is 1.35 bits per heavy atom. The molecule has 0 saturated carbocycles. The van der Waals surface area contributed by atoms with Gasteiger partial charge in [-0.15, -0.1) is 0 Å². The number of carbonyl (C=O) groups excluding carboxylic acids is 1. The van der Waals surface area contributed by atoms with Crippen LogP contribution in [0.2, 0.25) is 0 Å². The first-order chi connectivity index (χ1) is 10.6. The normalized spacial score (nSPS) is 16.7. The summed E-state index contributed by atoms with van der Waals surface area (Å²) < 4.78 is 5.30. The quantitative estimate of drug-likeness (QED) is 0.894. The molecule has 0 saturated heterocycles. The predicted molar refractivity (Wildman–Crippen MR) is 94.1 cm³/mol. The third kappa shape index (κ3) is 4.16. The van der Waals surface area contributed by atoms with Crippen LogP contribution in [0.15, 0.2) is 18.2 Å². The first-order valence-electron chi connectivity index (χ1n) is 8.16. The average molecular weight is 319 g/mol. The number of ether oxygens (including phenoxy) is 1. The first kappa shape index (κ1) is 17.6. The van der Waals surface area contributed by atoms with Crippen molar-refractivity contribution in [1.29, 1.82) is 0 Å². The molecule has 1 heterocycles. The molecule has 128 valence electrons. The van der Waals surface area contributed by atoms with Crippen LogP contribution in [0.4, 0.5) is 10.5 Å². The number of nitrogens with two attached hydrogens (primary N) is 1. The second-order valence-corrected chi connectivity index (χ2v) is 7.64. The molecule has 1 aromatic carbocycles. The van der Waals surface area contributed by atoms with Gasteiger partial charge in [0.1, 0.15) is 5.60 Å². The van der Waals surface area contributed by atoms with E-state index >= 15 is 0 Å². The Morgan fingerprint density at radius 3 is 2.65 bits per heavy atom. The highest BCUT2D eigenvalue weighted by atomic mass is 16.6. The van der Waals surface area contributed by atoms with E-state index in [-0.39, 0.29) is 5.41 Å². The molecule has 0 fully saturated rings. The zero-order valence-corrected chi connectivity index (χ0v) is 14.9. The molecule has 0 bridgehead atoms. The number of likely N-dealkylation sites (N-methyl/N-ethyl adjacent to an activating group) is 1. The number of hydrogen-bond acceptors (Lipinski definition) is 4. The van der Waals surface area contributed by atoms with Gasteiger partial charge < -0.3 is 20.7 Å². The third-order valence-electron chi connectivity index (χ3n) is 4.38. The van der Waals surface area contributed by atoms with Crippen molar-refractivity contribution in [2.75, 3.05) is 31.6 Å². The summed E-state index contributed by atoms with van der Waals surface area (Å²) in [5, 5.41) is 2.85. The lowest BCUT2D eigenvalue weighted by molar-refractivity contribution is 0.0516. The second-order valence-electron chi connectivity index (χ2n) is 7.64. The smallest absolute Gasteiger partial charge is 0.407 e. The maximum atomic E-state index is 11.9. The third-order valence-corrected chi connectivity index (χ3v) is 4.38. The Kier molecular flexibility index (Phi) is 4.90. The van der Waals surface area contributed by atoms with E-state index in [4.69, 9.17) is 10.5 Å². The number of fused-ring (bicyclic) bond motifs is 1. The summed E-state index contributed by atoms with van der Waals surface area (Å²) in [5.41, 5.74) is 9.00. The molecule has 1 unspecified atom stereocenters. The van der Waals surface area contributed by atoms with Crippen LogP contribution in [0.3, 0.4) is 0 Å². The zero-order chi connectivity index (χ0) is 17.3. The van der Waals surface area contributed by atoms with Crippen molar-refractivity contribution in [3.05, 3.63) is 29.3 Å². The van der Waals surface area contributed by atoms with Gasteiger partial charge in [-0.3, -0.25) is 0 Å². The molecule has 0 spiro atoms. The minimum Gasteiger partial charge on any atom is -0.444 e. The molecule has 1 aliphatic heterocycles. The Morgan fingerprint density at radius 2 is 2.04 bits per heavy atom. The molecule has 2 rings (SSSR count). The van der Waals surface area contributed by atoms with E-state index in [2.05, 4.69) is 42.4 Å². The minimum atomic E-state index is -0.499. The summed E-state index contributed by atoms with van der Waals surface area (Å²) in [6.07, 6.45) is 0.651. The van der Waals surface area contributed by atoms with Crippen molar-refractivity contribution in [3.8, 4) is 0 Å². The van der Waals surface area contributed by atoms with Gasteiger partial charge >= 0.3 is 6.09 Å². The molecule has 23 heavy (non-hydrogen) atoms. The highest BCUT2D eigenvalue weighted by molar-refractivity contribution is 5.68. The summed E-state index contributed by atoms with van der Waals surface area (Å²) in [6, 6.07) is 6.49. The Labute approximate surface area is 139 Å². The van der Waals surface area contributed by atoms with Crippen LogP contribution in [0, 0.1) is 0 Å². The van der Waals surface area contributed by atoms with Crippen molar-refractivity contribution in [2.45, 2.75) is 45.1 Å². The lowest BCUT2D eigenvalue weighted by Crippen LogP contribution is -2.45. The first-order valence-corrected chi connectivity index (χ1v) is 8.16. The molecule has 5 nitrogen and oxygen atoms in total. The molecule has 0 aliphatic carbocycles. The highest BCUT2D eigenvalue weighted by Crippen LogP contribution is 2.31. The SMILES string of the molecule is CN1CCc2cc(C(C)(CN)CNC(=O)OC(C)(C)C)ccc21. The number of nitrogens with one attached hydrogen (secondary N) is 1. The van der Waals surface area contributed by atoms with Gasteiger partial charge in [0.2, 0.25) is 0 Å². The maximum absolute atomic E-state index is 11.9. The molecule has 1 aliphatic rings. The number of benzene rings is 1. The standard InChI is InChI=1S/C18H29N3O2/c1-17(2,3)23-16(22)20-12-18(4,11-19)14-6-7-15-13(10-14)8-9-21(15)5/h6-7,10H,8-9,11-12,19H2,1-5H3,(H,20,22). The number of amides is 1. The molecule has 5 heteroatoms. The lowest BCUT2D eigenvalue weighted by atomic mass is 9.81. The van der Waals surface area contributed by atoms with E-state index in [9.17, 15) is 4.79 Å². The molecular weight excluding hydrogens is 290 g/mol. The van der Waals surface area contributed by atoms with Gasteiger partial charge in [-0.1, -0.05) is 19.1 Å². The summed E-state index contributed by atoms with van der Waals surface area (Å²) >= 11 is 0. The maximum Gasteiger partial charge on any atom is 0.407 e. The van der Waals surface area contributed by atoms with E-state index in [0.29, 0.717) is 13.1 Å². The van der Waals surface area contributed by atoms with Crippen molar-refractivity contribution in [2.24, 2.45) is 5.73 Å². The summed E-state index contributed by atoms with van der Waals surface area (Å²) in [7, 11) is 2.11. The molecule has 1 aromatic rings.